The normalized spacial score (nSPS) is 54.4. The summed E-state index contributed by atoms with van der Waals surface area (Å²) in [5.41, 5.74) is -0.000607. The molecule has 7 rings (SSSR count). The molecule has 18 unspecified atom stereocenters. The van der Waals surface area contributed by atoms with Crippen LogP contribution in [0.4, 0.5) is 0 Å². The molecule has 6 N–H and O–H groups in total. The Bertz CT molecular complexity index is 1260. The summed E-state index contributed by atoms with van der Waals surface area (Å²) in [5.74, 6) is 0.821. The van der Waals surface area contributed by atoms with E-state index in [2.05, 4.69) is 13.8 Å². The third kappa shape index (κ3) is 5.83. The van der Waals surface area contributed by atoms with Gasteiger partial charge in [-0.1, -0.05) is 13.8 Å². The Balaban J connectivity index is 0.999. The van der Waals surface area contributed by atoms with Crippen LogP contribution in [0.5, 0.6) is 0 Å². The Morgan fingerprint density at radius 3 is 2.37 bits per heavy atom. The summed E-state index contributed by atoms with van der Waals surface area (Å²) >= 11 is 0. The fourth-order valence-electron chi connectivity index (χ4n) is 11.5. The monoisotopic (exact) mass is 696 g/mol. The Morgan fingerprint density at radius 2 is 1.65 bits per heavy atom. The number of rotatable bonds is 7. The van der Waals surface area contributed by atoms with Crippen LogP contribution >= 0.6 is 0 Å². The smallest absolute Gasteiger partial charge is 0.331 e. The summed E-state index contributed by atoms with van der Waals surface area (Å²) in [4.78, 5) is 11.9. The lowest BCUT2D eigenvalue weighted by atomic mass is 9.43. The fourth-order valence-corrected chi connectivity index (χ4v) is 11.5. The second-order valence-corrected chi connectivity index (χ2v) is 16.6. The third-order valence-corrected chi connectivity index (χ3v) is 14.4. The van der Waals surface area contributed by atoms with E-state index < -0.39 is 67.0 Å². The lowest BCUT2D eigenvalue weighted by Gasteiger charge is -2.64. The molecule has 13 heteroatoms. The minimum absolute atomic E-state index is 0.0309. The van der Waals surface area contributed by atoms with E-state index in [9.17, 15) is 35.4 Å². The molecule has 18 atom stereocenters. The van der Waals surface area contributed by atoms with Crippen molar-refractivity contribution in [3.8, 4) is 0 Å². The maximum atomic E-state index is 12.5. The summed E-state index contributed by atoms with van der Waals surface area (Å²) in [6.07, 6.45) is -2.60. The van der Waals surface area contributed by atoms with E-state index in [-0.39, 0.29) is 41.3 Å². The molecule has 0 aromatic heterocycles. The molecule has 4 saturated carbocycles. The number of aliphatic hydroxyl groups excluding tert-OH is 5. The van der Waals surface area contributed by atoms with E-state index in [0.717, 1.165) is 63.4 Å². The second-order valence-electron chi connectivity index (χ2n) is 16.6. The van der Waals surface area contributed by atoms with Gasteiger partial charge in [0.2, 0.25) is 0 Å². The summed E-state index contributed by atoms with van der Waals surface area (Å²) in [7, 11) is 1.38. The van der Waals surface area contributed by atoms with Crippen LogP contribution in [0.25, 0.3) is 0 Å². The van der Waals surface area contributed by atoms with Gasteiger partial charge in [0.15, 0.2) is 12.6 Å². The first-order valence-corrected chi connectivity index (χ1v) is 18.3. The molecule has 0 aromatic carbocycles. The van der Waals surface area contributed by atoms with Gasteiger partial charge in [0, 0.05) is 18.6 Å². The van der Waals surface area contributed by atoms with E-state index in [1.807, 2.05) is 0 Å². The first-order chi connectivity index (χ1) is 23.2. The number of hydrogen-bond donors (Lipinski definition) is 6. The van der Waals surface area contributed by atoms with E-state index in [1.165, 1.54) is 14.0 Å². The van der Waals surface area contributed by atoms with Crippen molar-refractivity contribution in [2.24, 2.45) is 34.5 Å². The number of aliphatic hydroxyl groups is 6. The molecule has 3 heterocycles. The topological polar surface area (TPSA) is 194 Å². The van der Waals surface area contributed by atoms with Gasteiger partial charge in [-0.2, -0.15) is 0 Å². The van der Waals surface area contributed by atoms with Gasteiger partial charge in [-0.15, -0.1) is 0 Å². The summed E-state index contributed by atoms with van der Waals surface area (Å²) in [6, 6.07) is 0. The van der Waals surface area contributed by atoms with Crippen LogP contribution in [0.1, 0.15) is 78.6 Å². The van der Waals surface area contributed by atoms with Crippen LogP contribution in [0.2, 0.25) is 0 Å². The lowest BCUT2D eigenvalue weighted by molar-refractivity contribution is -0.332. The number of esters is 1. The Kier molecular flexibility index (Phi) is 9.82. The Labute approximate surface area is 287 Å². The summed E-state index contributed by atoms with van der Waals surface area (Å²) < 4.78 is 34.2. The predicted molar refractivity (Wildman–Crippen MR) is 170 cm³/mol. The van der Waals surface area contributed by atoms with E-state index in [0.29, 0.717) is 18.4 Å². The maximum Gasteiger partial charge on any atom is 0.331 e. The van der Waals surface area contributed by atoms with Gasteiger partial charge in [0.1, 0.15) is 49.3 Å². The molecular formula is C36H56O13. The highest BCUT2D eigenvalue weighted by atomic mass is 16.7. The van der Waals surface area contributed by atoms with Crippen molar-refractivity contribution in [3.05, 3.63) is 11.6 Å². The zero-order valence-corrected chi connectivity index (χ0v) is 29.1. The minimum Gasteiger partial charge on any atom is -0.458 e. The van der Waals surface area contributed by atoms with Crippen molar-refractivity contribution in [2.45, 2.75) is 152 Å². The van der Waals surface area contributed by atoms with Crippen molar-refractivity contribution in [1.29, 1.82) is 0 Å². The van der Waals surface area contributed by atoms with E-state index in [1.54, 1.807) is 6.08 Å². The second kappa shape index (κ2) is 13.3. The molecule has 4 aliphatic carbocycles. The number of ether oxygens (including phenoxy) is 6. The first-order valence-electron chi connectivity index (χ1n) is 18.3. The van der Waals surface area contributed by atoms with Gasteiger partial charge >= 0.3 is 5.97 Å². The average Bonchev–Trinajstić information content (AvgIpc) is 3.61. The average molecular weight is 697 g/mol. The molecular weight excluding hydrogens is 640 g/mol. The van der Waals surface area contributed by atoms with E-state index in [4.69, 9.17) is 28.4 Å². The fraction of sp³-hybridized carbons (Fsp3) is 0.917. The van der Waals surface area contributed by atoms with Crippen molar-refractivity contribution in [2.75, 3.05) is 20.3 Å². The van der Waals surface area contributed by atoms with Gasteiger partial charge < -0.3 is 59.1 Å². The zero-order valence-electron chi connectivity index (χ0n) is 29.1. The molecule has 49 heavy (non-hydrogen) atoms. The third-order valence-electron chi connectivity index (χ3n) is 14.4. The molecule has 0 bridgehead atoms. The van der Waals surface area contributed by atoms with Crippen LogP contribution in [0, 0.1) is 34.5 Å². The number of carbonyl (C=O) groups is 1. The molecule has 278 valence electrons. The zero-order chi connectivity index (χ0) is 35.0. The van der Waals surface area contributed by atoms with Gasteiger partial charge in [0.05, 0.1) is 24.4 Å². The molecule has 0 amide bonds. The molecule has 13 nitrogen and oxygen atoms in total. The van der Waals surface area contributed by atoms with Gasteiger partial charge in [-0.05, 0) is 99.4 Å². The largest absolute Gasteiger partial charge is 0.458 e. The van der Waals surface area contributed by atoms with Gasteiger partial charge in [0.25, 0.3) is 0 Å². The molecule has 0 spiro atoms. The Hall–Kier alpha value is -1.23. The highest BCUT2D eigenvalue weighted by molar-refractivity contribution is 5.85. The molecule has 2 saturated heterocycles. The number of cyclic esters (lactones) is 1. The first kappa shape index (κ1) is 36.1. The summed E-state index contributed by atoms with van der Waals surface area (Å²) in [5, 5.41) is 65.6. The minimum atomic E-state index is -1.49. The highest BCUT2D eigenvalue weighted by Crippen LogP contribution is 2.70. The van der Waals surface area contributed by atoms with Crippen LogP contribution in [-0.2, 0) is 33.2 Å². The molecule has 0 aromatic rings. The molecule has 7 aliphatic rings. The van der Waals surface area contributed by atoms with Crippen molar-refractivity contribution < 1.29 is 63.9 Å². The number of methoxy groups -OCH3 is 1. The number of carbonyl (C=O) groups excluding carboxylic acids is 1. The highest BCUT2D eigenvalue weighted by Gasteiger charge is 2.68. The van der Waals surface area contributed by atoms with Crippen molar-refractivity contribution >= 4 is 5.97 Å². The van der Waals surface area contributed by atoms with Crippen LogP contribution < -0.4 is 0 Å². The van der Waals surface area contributed by atoms with Crippen LogP contribution in [0.15, 0.2) is 11.6 Å². The predicted octanol–water partition coefficient (Wildman–Crippen LogP) is 0.934. The number of fused-ring (bicyclic) bond motifs is 5. The molecule has 6 fully saturated rings. The van der Waals surface area contributed by atoms with Crippen LogP contribution in [0.3, 0.4) is 0 Å². The SMILES string of the molecule is COC1C(O)C(COC2C(O)OC(C)C(O)C2O)OC(OC2CCC3(C)C(CCC4C3CCC3(C)C(C5=CC(=O)OC5)CCC43O)C2)C1O. The molecule has 3 aliphatic heterocycles. The van der Waals surface area contributed by atoms with Crippen LogP contribution in [-0.4, -0.2) is 130 Å². The standard InChI is InChI=1S/C36H56O13/c1-17-26(38)28(40)31(32(42)47-17)46-16-24-27(39)30(44-4)29(41)33(49-24)48-20-7-10-34(2)19(14-20)5-6-23-22(34)8-11-35(3)21(9-12-36(23,35)43)18-13-25(37)45-15-18/h13,17,19-24,26-33,38-43H,5-12,14-16H2,1-4H3. The van der Waals surface area contributed by atoms with Gasteiger partial charge in [-0.25, -0.2) is 4.79 Å². The van der Waals surface area contributed by atoms with Gasteiger partial charge in [-0.3, -0.25) is 0 Å². The molecule has 0 radical (unpaired) electrons. The van der Waals surface area contributed by atoms with E-state index >= 15 is 0 Å². The quantitative estimate of drug-likeness (QED) is 0.163. The lowest BCUT2D eigenvalue weighted by Crippen LogP contribution is -2.63. The Morgan fingerprint density at radius 1 is 0.878 bits per heavy atom. The summed E-state index contributed by atoms with van der Waals surface area (Å²) in [6.45, 7) is 6.21. The number of hydrogen-bond acceptors (Lipinski definition) is 13. The maximum absolute atomic E-state index is 12.5. The van der Waals surface area contributed by atoms with Crippen molar-refractivity contribution in [1.82, 2.24) is 0 Å². The van der Waals surface area contributed by atoms with Crippen molar-refractivity contribution in [3.63, 3.8) is 0 Å².